The standard InChI is InChI=1S/C20H22BrNO2/c1-2-24-18-11-9-17(10-12-18)22-19(23)20(13-3-4-14-20)15-5-7-16(21)8-6-15/h5-12H,2-4,13-14H2,1H3,(H,22,23). The predicted octanol–water partition coefficient (Wildman–Crippen LogP) is 5.30. The highest BCUT2D eigenvalue weighted by atomic mass is 79.9. The zero-order chi connectivity index (χ0) is 17.0. The molecular weight excluding hydrogens is 366 g/mol. The minimum Gasteiger partial charge on any atom is -0.494 e. The van der Waals surface area contributed by atoms with E-state index in [1.165, 1.54) is 0 Å². The van der Waals surface area contributed by atoms with E-state index in [0.717, 1.165) is 47.2 Å². The number of anilines is 1. The first kappa shape index (κ1) is 17.0. The van der Waals surface area contributed by atoms with Gasteiger partial charge >= 0.3 is 0 Å². The molecular formula is C20H22BrNO2. The summed E-state index contributed by atoms with van der Waals surface area (Å²) in [7, 11) is 0. The zero-order valence-electron chi connectivity index (χ0n) is 13.8. The van der Waals surface area contributed by atoms with Crippen molar-refractivity contribution in [2.75, 3.05) is 11.9 Å². The van der Waals surface area contributed by atoms with Crippen LogP contribution in [0.25, 0.3) is 0 Å². The average Bonchev–Trinajstić information content (AvgIpc) is 3.08. The molecule has 1 aliphatic carbocycles. The van der Waals surface area contributed by atoms with Crippen molar-refractivity contribution in [3.8, 4) is 5.75 Å². The molecule has 0 spiro atoms. The van der Waals surface area contributed by atoms with Crippen LogP contribution in [-0.4, -0.2) is 12.5 Å². The van der Waals surface area contributed by atoms with Gasteiger partial charge in [0.2, 0.25) is 5.91 Å². The lowest BCUT2D eigenvalue weighted by atomic mass is 9.78. The monoisotopic (exact) mass is 387 g/mol. The molecule has 3 nitrogen and oxygen atoms in total. The van der Waals surface area contributed by atoms with Gasteiger partial charge in [-0.25, -0.2) is 0 Å². The van der Waals surface area contributed by atoms with Crippen molar-refractivity contribution in [3.05, 3.63) is 58.6 Å². The molecule has 1 aliphatic rings. The lowest BCUT2D eigenvalue weighted by molar-refractivity contribution is -0.121. The van der Waals surface area contributed by atoms with E-state index in [1.807, 2.05) is 43.3 Å². The first-order valence-corrected chi connectivity index (χ1v) is 9.24. The minimum atomic E-state index is -0.417. The summed E-state index contributed by atoms with van der Waals surface area (Å²) in [5.41, 5.74) is 1.50. The third-order valence-electron chi connectivity index (χ3n) is 4.71. The molecule has 1 fully saturated rings. The lowest BCUT2D eigenvalue weighted by Gasteiger charge is -2.28. The molecule has 0 radical (unpaired) electrons. The van der Waals surface area contributed by atoms with Crippen LogP contribution in [0.1, 0.15) is 38.2 Å². The first-order chi connectivity index (χ1) is 11.6. The molecule has 1 saturated carbocycles. The summed E-state index contributed by atoms with van der Waals surface area (Å²) in [6.45, 7) is 2.59. The molecule has 126 valence electrons. The molecule has 0 saturated heterocycles. The number of amides is 1. The quantitative estimate of drug-likeness (QED) is 0.755. The number of hydrogen-bond acceptors (Lipinski definition) is 2. The van der Waals surface area contributed by atoms with E-state index in [2.05, 4.69) is 33.4 Å². The van der Waals surface area contributed by atoms with Crippen LogP contribution < -0.4 is 10.1 Å². The van der Waals surface area contributed by atoms with Gasteiger partial charge in [-0.2, -0.15) is 0 Å². The van der Waals surface area contributed by atoms with Crippen molar-refractivity contribution in [2.24, 2.45) is 0 Å². The number of carbonyl (C=O) groups is 1. The van der Waals surface area contributed by atoms with Gasteiger partial charge in [0.15, 0.2) is 0 Å². The van der Waals surface area contributed by atoms with Gasteiger partial charge in [0.25, 0.3) is 0 Å². The topological polar surface area (TPSA) is 38.3 Å². The zero-order valence-corrected chi connectivity index (χ0v) is 15.4. The molecule has 0 atom stereocenters. The fraction of sp³-hybridized carbons (Fsp3) is 0.350. The SMILES string of the molecule is CCOc1ccc(NC(=O)C2(c3ccc(Br)cc3)CCCC2)cc1. The molecule has 0 aromatic heterocycles. The Balaban J connectivity index is 1.81. The van der Waals surface area contributed by atoms with Gasteiger partial charge < -0.3 is 10.1 Å². The van der Waals surface area contributed by atoms with E-state index in [-0.39, 0.29) is 5.91 Å². The van der Waals surface area contributed by atoms with E-state index < -0.39 is 5.41 Å². The number of carbonyl (C=O) groups excluding carboxylic acids is 1. The van der Waals surface area contributed by atoms with Gasteiger partial charge in [0.05, 0.1) is 12.0 Å². The van der Waals surface area contributed by atoms with E-state index in [1.54, 1.807) is 0 Å². The van der Waals surface area contributed by atoms with Gasteiger partial charge in [0.1, 0.15) is 5.75 Å². The summed E-state index contributed by atoms with van der Waals surface area (Å²) in [6, 6.07) is 15.7. The molecule has 1 amide bonds. The van der Waals surface area contributed by atoms with Crippen LogP contribution in [0.5, 0.6) is 5.75 Å². The molecule has 1 N–H and O–H groups in total. The van der Waals surface area contributed by atoms with Crippen molar-refractivity contribution < 1.29 is 9.53 Å². The van der Waals surface area contributed by atoms with Gasteiger partial charge in [-0.05, 0) is 61.7 Å². The van der Waals surface area contributed by atoms with Gasteiger partial charge in [-0.1, -0.05) is 40.9 Å². The smallest absolute Gasteiger partial charge is 0.235 e. The van der Waals surface area contributed by atoms with E-state index >= 15 is 0 Å². The Morgan fingerprint density at radius 1 is 1.08 bits per heavy atom. The normalized spacial score (nSPS) is 15.9. The molecule has 0 aliphatic heterocycles. The molecule has 0 heterocycles. The van der Waals surface area contributed by atoms with Crippen LogP contribution >= 0.6 is 15.9 Å². The average molecular weight is 388 g/mol. The Bertz CT molecular complexity index is 689. The van der Waals surface area contributed by atoms with Gasteiger partial charge in [0, 0.05) is 10.2 Å². The molecule has 0 bridgehead atoms. The number of hydrogen-bond donors (Lipinski definition) is 1. The lowest BCUT2D eigenvalue weighted by Crippen LogP contribution is -2.37. The maximum Gasteiger partial charge on any atom is 0.235 e. The van der Waals surface area contributed by atoms with Crippen LogP contribution in [0.4, 0.5) is 5.69 Å². The van der Waals surface area contributed by atoms with Crippen molar-refractivity contribution in [2.45, 2.75) is 38.0 Å². The number of rotatable bonds is 5. The number of nitrogens with one attached hydrogen (secondary N) is 1. The second-order valence-electron chi connectivity index (χ2n) is 6.21. The Morgan fingerprint density at radius 3 is 2.29 bits per heavy atom. The highest BCUT2D eigenvalue weighted by Gasteiger charge is 2.42. The van der Waals surface area contributed by atoms with E-state index in [0.29, 0.717) is 6.61 Å². The Morgan fingerprint density at radius 2 is 1.71 bits per heavy atom. The van der Waals surface area contributed by atoms with Crippen molar-refractivity contribution in [3.63, 3.8) is 0 Å². The maximum absolute atomic E-state index is 13.1. The minimum absolute atomic E-state index is 0.0893. The Kier molecular flexibility index (Phi) is 5.24. The Labute approximate surface area is 151 Å². The molecule has 2 aromatic rings. The molecule has 4 heteroatoms. The maximum atomic E-state index is 13.1. The Hall–Kier alpha value is -1.81. The number of halogens is 1. The molecule has 0 unspecified atom stereocenters. The van der Waals surface area contributed by atoms with Crippen LogP contribution in [0.15, 0.2) is 53.0 Å². The van der Waals surface area contributed by atoms with Crippen molar-refractivity contribution in [1.82, 2.24) is 0 Å². The van der Waals surface area contributed by atoms with Crippen LogP contribution in [0, 0.1) is 0 Å². The highest BCUT2D eigenvalue weighted by molar-refractivity contribution is 9.10. The second kappa shape index (κ2) is 7.39. The molecule has 2 aromatic carbocycles. The fourth-order valence-electron chi connectivity index (χ4n) is 3.45. The molecule has 3 rings (SSSR count). The largest absolute Gasteiger partial charge is 0.494 e. The van der Waals surface area contributed by atoms with Crippen LogP contribution in [0.2, 0.25) is 0 Å². The van der Waals surface area contributed by atoms with Crippen molar-refractivity contribution in [1.29, 1.82) is 0 Å². The fourth-order valence-corrected chi connectivity index (χ4v) is 3.71. The summed E-state index contributed by atoms with van der Waals surface area (Å²) in [6.07, 6.45) is 3.98. The summed E-state index contributed by atoms with van der Waals surface area (Å²) in [5, 5.41) is 3.10. The summed E-state index contributed by atoms with van der Waals surface area (Å²) in [4.78, 5) is 13.1. The second-order valence-corrected chi connectivity index (χ2v) is 7.12. The summed E-state index contributed by atoms with van der Waals surface area (Å²) in [5.74, 6) is 0.908. The van der Waals surface area contributed by atoms with E-state index in [4.69, 9.17) is 4.74 Å². The third-order valence-corrected chi connectivity index (χ3v) is 5.24. The van der Waals surface area contributed by atoms with E-state index in [9.17, 15) is 4.79 Å². The van der Waals surface area contributed by atoms with Crippen LogP contribution in [-0.2, 0) is 10.2 Å². The van der Waals surface area contributed by atoms with Gasteiger partial charge in [-0.3, -0.25) is 4.79 Å². The third kappa shape index (κ3) is 3.48. The number of benzene rings is 2. The predicted molar refractivity (Wildman–Crippen MR) is 101 cm³/mol. The summed E-state index contributed by atoms with van der Waals surface area (Å²) >= 11 is 3.47. The highest BCUT2D eigenvalue weighted by Crippen LogP contribution is 2.42. The van der Waals surface area contributed by atoms with Gasteiger partial charge in [-0.15, -0.1) is 0 Å². The molecule has 24 heavy (non-hydrogen) atoms. The summed E-state index contributed by atoms with van der Waals surface area (Å²) < 4.78 is 6.48. The van der Waals surface area contributed by atoms with Crippen LogP contribution in [0.3, 0.4) is 0 Å². The first-order valence-electron chi connectivity index (χ1n) is 8.44. The number of ether oxygens (including phenoxy) is 1. The van der Waals surface area contributed by atoms with Crippen molar-refractivity contribution >= 4 is 27.5 Å².